The molecular weight excluding hydrogens is 404 g/mol. The van der Waals surface area contributed by atoms with Gasteiger partial charge in [0, 0.05) is 17.5 Å². The minimum atomic E-state index is 0.121. The summed E-state index contributed by atoms with van der Waals surface area (Å²) in [6.45, 7) is 2.05. The molecule has 0 spiro atoms. The van der Waals surface area contributed by atoms with E-state index in [9.17, 15) is 0 Å². The van der Waals surface area contributed by atoms with Crippen LogP contribution in [0.3, 0.4) is 0 Å². The third kappa shape index (κ3) is 3.50. The van der Waals surface area contributed by atoms with Gasteiger partial charge >= 0.3 is 0 Å². The Morgan fingerprint density at radius 3 is 2.81 bits per heavy atom. The van der Waals surface area contributed by atoms with Gasteiger partial charge in [-0.2, -0.15) is 10.4 Å². The van der Waals surface area contributed by atoms with Crippen molar-refractivity contribution >= 4 is 5.65 Å². The van der Waals surface area contributed by atoms with Crippen molar-refractivity contribution in [3.05, 3.63) is 84.2 Å². The fourth-order valence-corrected chi connectivity index (χ4v) is 3.46. The minimum absolute atomic E-state index is 0.121. The first-order valence-corrected chi connectivity index (χ1v) is 9.86. The van der Waals surface area contributed by atoms with Gasteiger partial charge in [-0.15, -0.1) is 0 Å². The Balaban J connectivity index is 1.59. The normalized spacial score (nSPS) is 10.9. The number of nitriles is 1. The Hall–Kier alpha value is -4.71. The first kappa shape index (κ1) is 19.3. The number of fused-ring (bicyclic) bond motifs is 1. The number of hydrogen-bond acceptors (Lipinski definition) is 7. The number of pyridine rings is 2. The molecule has 4 heterocycles. The number of imidazole rings is 1. The summed E-state index contributed by atoms with van der Waals surface area (Å²) in [6, 6.07) is 18.6. The molecule has 4 aromatic heterocycles. The minimum Gasteiger partial charge on any atom is -0.486 e. The van der Waals surface area contributed by atoms with Gasteiger partial charge in [0.1, 0.15) is 30.1 Å². The number of hydrogen-bond donors (Lipinski definition) is 1. The van der Waals surface area contributed by atoms with E-state index in [0.29, 0.717) is 34.2 Å². The lowest BCUT2D eigenvalue weighted by molar-refractivity contribution is 0.293. The number of aryl methyl sites for hydroxylation is 1. The van der Waals surface area contributed by atoms with Gasteiger partial charge in [-0.25, -0.2) is 19.2 Å². The second-order valence-electron chi connectivity index (χ2n) is 7.17. The molecule has 32 heavy (non-hydrogen) atoms. The van der Waals surface area contributed by atoms with Crippen LogP contribution >= 0.6 is 0 Å². The van der Waals surface area contributed by atoms with Crippen molar-refractivity contribution < 1.29 is 4.74 Å². The van der Waals surface area contributed by atoms with Crippen LogP contribution in [-0.4, -0.2) is 29.2 Å². The average Bonchev–Trinajstić information content (AvgIpc) is 3.41. The maximum atomic E-state index is 9.10. The van der Waals surface area contributed by atoms with Gasteiger partial charge in [0.2, 0.25) is 0 Å². The zero-order valence-corrected chi connectivity index (χ0v) is 17.2. The second-order valence-corrected chi connectivity index (χ2v) is 7.17. The Kier molecular flexibility index (Phi) is 4.72. The molecule has 5 aromatic rings. The summed E-state index contributed by atoms with van der Waals surface area (Å²) < 4.78 is 9.05. The molecule has 0 amide bonds. The monoisotopic (exact) mass is 422 g/mol. The fourth-order valence-electron chi connectivity index (χ4n) is 3.46. The van der Waals surface area contributed by atoms with Crippen LogP contribution in [0, 0.1) is 18.3 Å². The number of rotatable bonds is 5. The Labute approximate surface area is 183 Å². The van der Waals surface area contributed by atoms with Crippen LogP contribution in [-0.2, 0) is 6.61 Å². The quantitative estimate of drug-likeness (QED) is 0.432. The van der Waals surface area contributed by atoms with Crippen molar-refractivity contribution in [3.8, 4) is 34.5 Å². The smallest absolute Gasteiger partial charge is 0.166 e. The van der Waals surface area contributed by atoms with Crippen molar-refractivity contribution in [2.45, 2.75) is 13.5 Å². The molecule has 0 aliphatic heterocycles. The van der Waals surface area contributed by atoms with Crippen molar-refractivity contribution in [1.29, 1.82) is 5.26 Å². The Morgan fingerprint density at radius 1 is 1.09 bits per heavy atom. The van der Waals surface area contributed by atoms with E-state index in [4.69, 9.17) is 20.8 Å². The molecule has 5 rings (SSSR count). The van der Waals surface area contributed by atoms with Gasteiger partial charge in [-0.05, 0) is 49.4 Å². The van der Waals surface area contributed by atoms with Crippen LogP contribution in [0.4, 0.5) is 0 Å². The SMILES string of the molecule is Cc1cccc(-c2c(-c3ccc4ncnn4c3)nc(COc3cccc(C#N)c3)n2N)n1. The van der Waals surface area contributed by atoms with E-state index in [2.05, 4.69) is 21.1 Å². The molecule has 0 unspecified atom stereocenters. The van der Waals surface area contributed by atoms with Gasteiger partial charge in [0.25, 0.3) is 0 Å². The highest BCUT2D eigenvalue weighted by molar-refractivity contribution is 5.77. The molecular formula is C23H18N8O. The molecule has 0 aliphatic carbocycles. The third-order valence-corrected chi connectivity index (χ3v) is 4.99. The van der Waals surface area contributed by atoms with E-state index in [1.54, 1.807) is 28.8 Å². The highest BCUT2D eigenvalue weighted by Gasteiger charge is 2.21. The number of aromatic nitrogens is 6. The summed E-state index contributed by atoms with van der Waals surface area (Å²) in [5, 5.41) is 13.3. The molecule has 0 atom stereocenters. The maximum Gasteiger partial charge on any atom is 0.166 e. The highest BCUT2D eigenvalue weighted by Crippen LogP contribution is 2.31. The fraction of sp³-hybridized carbons (Fsp3) is 0.0870. The van der Waals surface area contributed by atoms with Gasteiger partial charge in [-0.3, -0.25) is 4.98 Å². The van der Waals surface area contributed by atoms with E-state index < -0.39 is 0 Å². The predicted octanol–water partition coefficient (Wildman–Crippen LogP) is 3.13. The van der Waals surface area contributed by atoms with E-state index >= 15 is 0 Å². The topological polar surface area (TPSA) is 120 Å². The van der Waals surface area contributed by atoms with E-state index in [0.717, 1.165) is 16.9 Å². The lowest BCUT2D eigenvalue weighted by atomic mass is 10.1. The van der Waals surface area contributed by atoms with Crippen LogP contribution in [0.5, 0.6) is 5.75 Å². The summed E-state index contributed by atoms with van der Waals surface area (Å²) in [5.74, 6) is 7.56. The summed E-state index contributed by atoms with van der Waals surface area (Å²) in [4.78, 5) is 13.6. The summed E-state index contributed by atoms with van der Waals surface area (Å²) in [7, 11) is 0. The number of nitrogens with two attached hydrogens (primary N) is 1. The molecule has 0 fully saturated rings. The average molecular weight is 422 g/mol. The van der Waals surface area contributed by atoms with Crippen LogP contribution < -0.4 is 10.6 Å². The molecule has 0 bridgehead atoms. The second kappa shape index (κ2) is 7.85. The van der Waals surface area contributed by atoms with Gasteiger partial charge in [-0.1, -0.05) is 12.1 Å². The first-order valence-electron chi connectivity index (χ1n) is 9.86. The molecule has 0 saturated carbocycles. The molecule has 9 heteroatoms. The molecule has 0 aliphatic rings. The number of nitrogen functional groups attached to an aromatic ring is 1. The van der Waals surface area contributed by atoms with Crippen molar-refractivity contribution in [2.75, 3.05) is 5.84 Å². The van der Waals surface area contributed by atoms with Crippen LogP contribution in [0.1, 0.15) is 17.1 Å². The van der Waals surface area contributed by atoms with Crippen molar-refractivity contribution in [2.24, 2.45) is 0 Å². The summed E-state index contributed by atoms with van der Waals surface area (Å²) in [6.07, 6.45) is 3.35. The summed E-state index contributed by atoms with van der Waals surface area (Å²) >= 11 is 0. The molecule has 156 valence electrons. The third-order valence-electron chi connectivity index (χ3n) is 4.99. The Morgan fingerprint density at radius 2 is 1.97 bits per heavy atom. The number of benzene rings is 1. The zero-order chi connectivity index (χ0) is 22.1. The van der Waals surface area contributed by atoms with Crippen molar-refractivity contribution in [3.63, 3.8) is 0 Å². The van der Waals surface area contributed by atoms with E-state index in [-0.39, 0.29) is 6.61 Å². The van der Waals surface area contributed by atoms with Crippen LogP contribution in [0.25, 0.3) is 28.3 Å². The van der Waals surface area contributed by atoms with Crippen LogP contribution in [0.15, 0.2) is 67.1 Å². The largest absolute Gasteiger partial charge is 0.486 e. The molecule has 9 nitrogen and oxygen atoms in total. The molecule has 0 radical (unpaired) electrons. The number of nitrogens with zero attached hydrogens (tertiary/aromatic N) is 7. The van der Waals surface area contributed by atoms with Crippen molar-refractivity contribution in [1.82, 2.24) is 29.2 Å². The first-order chi connectivity index (χ1) is 15.6. The highest BCUT2D eigenvalue weighted by atomic mass is 16.5. The zero-order valence-electron chi connectivity index (χ0n) is 17.2. The summed E-state index contributed by atoms with van der Waals surface area (Å²) in [5.41, 5.74) is 4.96. The van der Waals surface area contributed by atoms with E-state index in [1.807, 2.05) is 43.5 Å². The van der Waals surface area contributed by atoms with E-state index in [1.165, 1.54) is 11.0 Å². The lowest BCUT2D eigenvalue weighted by Gasteiger charge is -2.09. The molecule has 0 saturated heterocycles. The lowest BCUT2D eigenvalue weighted by Crippen LogP contribution is -2.16. The Bertz CT molecular complexity index is 1480. The standard InChI is InChI=1S/C23H18N8O/c1-15-4-2-7-19(28-15)23-22(17-8-9-20-26-14-27-30(20)12-17)29-21(31(23)25)13-32-18-6-3-5-16(10-18)11-24/h2-10,12,14H,13,25H2,1H3. The van der Waals surface area contributed by atoms with Gasteiger partial charge in [0.05, 0.1) is 17.3 Å². The molecule has 1 aromatic carbocycles. The maximum absolute atomic E-state index is 9.10. The molecule has 2 N–H and O–H groups in total. The van der Waals surface area contributed by atoms with Gasteiger partial charge < -0.3 is 10.6 Å². The van der Waals surface area contributed by atoms with Gasteiger partial charge in [0.15, 0.2) is 11.5 Å². The van der Waals surface area contributed by atoms with Crippen LogP contribution in [0.2, 0.25) is 0 Å². The number of ether oxygens (including phenoxy) is 1. The predicted molar refractivity (Wildman–Crippen MR) is 118 cm³/mol.